The highest BCUT2D eigenvalue weighted by Crippen LogP contribution is 2.12. The van der Waals surface area contributed by atoms with Gasteiger partial charge in [0, 0.05) is 0 Å². The predicted molar refractivity (Wildman–Crippen MR) is 54.5 cm³/mol. The van der Waals surface area contributed by atoms with Gasteiger partial charge in [-0.15, -0.1) is 0 Å². The minimum atomic E-state index is -1.16. The van der Waals surface area contributed by atoms with Crippen molar-refractivity contribution in [2.75, 3.05) is 0 Å². The molecule has 1 aromatic carbocycles. The molecule has 0 aliphatic rings. The normalized spacial score (nSPS) is 14.6. The van der Waals surface area contributed by atoms with Gasteiger partial charge in [0.15, 0.2) is 0 Å². The Morgan fingerprint density at radius 3 is 2.47 bits per heavy atom. The van der Waals surface area contributed by atoms with E-state index in [2.05, 4.69) is 0 Å². The van der Waals surface area contributed by atoms with Gasteiger partial charge in [0.2, 0.25) is 5.91 Å². The van der Waals surface area contributed by atoms with Crippen LogP contribution in [0.3, 0.4) is 0 Å². The SMILES string of the molecule is C[C@@H](Cc1ccc(F)cc1)C(O)C(N)=O. The molecule has 15 heavy (non-hydrogen) atoms. The van der Waals surface area contributed by atoms with Gasteiger partial charge in [-0.05, 0) is 30.0 Å². The molecule has 0 heterocycles. The zero-order valence-electron chi connectivity index (χ0n) is 8.48. The summed E-state index contributed by atoms with van der Waals surface area (Å²) in [6.07, 6.45) is -0.667. The molecule has 3 N–H and O–H groups in total. The second-order valence-corrected chi connectivity index (χ2v) is 3.66. The van der Waals surface area contributed by atoms with E-state index < -0.39 is 12.0 Å². The molecule has 0 bridgehead atoms. The number of amides is 1. The van der Waals surface area contributed by atoms with Crippen LogP contribution in [-0.2, 0) is 11.2 Å². The standard InChI is InChI=1S/C11H14FNO2/c1-7(10(14)11(13)15)6-8-2-4-9(12)5-3-8/h2-5,7,10,14H,6H2,1H3,(H2,13,15)/t7-,10?/m0/s1. The fourth-order valence-electron chi connectivity index (χ4n) is 1.38. The van der Waals surface area contributed by atoms with E-state index in [9.17, 15) is 14.3 Å². The fraction of sp³-hybridized carbons (Fsp3) is 0.364. The lowest BCUT2D eigenvalue weighted by molar-refractivity contribution is -0.128. The number of primary amides is 1. The van der Waals surface area contributed by atoms with Crippen LogP contribution in [-0.4, -0.2) is 17.1 Å². The number of benzene rings is 1. The molecule has 0 saturated heterocycles. The smallest absolute Gasteiger partial charge is 0.246 e. The zero-order valence-corrected chi connectivity index (χ0v) is 8.48. The van der Waals surface area contributed by atoms with E-state index in [1.165, 1.54) is 12.1 Å². The van der Waals surface area contributed by atoms with Gasteiger partial charge in [-0.1, -0.05) is 19.1 Å². The summed E-state index contributed by atoms with van der Waals surface area (Å²) in [4.78, 5) is 10.7. The number of aliphatic hydroxyl groups is 1. The van der Waals surface area contributed by atoms with Gasteiger partial charge in [-0.3, -0.25) is 4.79 Å². The number of hydrogen-bond donors (Lipinski definition) is 2. The third kappa shape index (κ3) is 3.32. The summed E-state index contributed by atoms with van der Waals surface area (Å²) in [6.45, 7) is 1.72. The van der Waals surface area contributed by atoms with Crippen LogP contribution in [0.25, 0.3) is 0 Å². The molecule has 1 amide bonds. The van der Waals surface area contributed by atoms with Crippen molar-refractivity contribution in [3.8, 4) is 0 Å². The second-order valence-electron chi connectivity index (χ2n) is 3.66. The van der Waals surface area contributed by atoms with E-state index in [4.69, 9.17) is 5.73 Å². The topological polar surface area (TPSA) is 63.3 Å². The van der Waals surface area contributed by atoms with Crippen molar-refractivity contribution >= 4 is 5.91 Å². The van der Waals surface area contributed by atoms with E-state index in [1.54, 1.807) is 19.1 Å². The maximum atomic E-state index is 12.6. The van der Waals surface area contributed by atoms with E-state index >= 15 is 0 Å². The number of halogens is 1. The summed E-state index contributed by atoms with van der Waals surface area (Å²) in [5, 5.41) is 9.36. The molecule has 82 valence electrons. The van der Waals surface area contributed by atoms with Crippen LogP contribution in [0.5, 0.6) is 0 Å². The number of hydrogen-bond acceptors (Lipinski definition) is 2. The van der Waals surface area contributed by atoms with Crippen molar-refractivity contribution < 1.29 is 14.3 Å². The third-order valence-electron chi connectivity index (χ3n) is 2.30. The molecular formula is C11H14FNO2. The first-order valence-corrected chi connectivity index (χ1v) is 4.72. The first-order chi connectivity index (χ1) is 7.00. The molecule has 3 nitrogen and oxygen atoms in total. The number of rotatable bonds is 4. The number of nitrogens with two attached hydrogens (primary N) is 1. The van der Waals surface area contributed by atoms with Crippen LogP contribution in [0, 0.1) is 11.7 Å². The van der Waals surface area contributed by atoms with Crippen molar-refractivity contribution in [1.29, 1.82) is 0 Å². The largest absolute Gasteiger partial charge is 0.383 e. The highest BCUT2D eigenvalue weighted by Gasteiger charge is 2.19. The Balaban J connectivity index is 2.62. The minimum Gasteiger partial charge on any atom is -0.383 e. The highest BCUT2D eigenvalue weighted by molar-refractivity contribution is 5.78. The molecule has 0 aliphatic heterocycles. The van der Waals surface area contributed by atoms with Gasteiger partial charge >= 0.3 is 0 Å². The van der Waals surface area contributed by atoms with Crippen molar-refractivity contribution in [2.24, 2.45) is 11.7 Å². The molecule has 0 aromatic heterocycles. The Labute approximate surface area is 87.7 Å². The molecule has 4 heteroatoms. The Bertz CT molecular complexity index is 337. The Morgan fingerprint density at radius 2 is 2.00 bits per heavy atom. The third-order valence-corrected chi connectivity index (χ3v) is 2.30. The van der Waals surface area contributed by atoms with Gasteiger partial charge < -0.3 is 10.8 Å². The van der Waals surface area contributed by atoms with Crippen LogP contribution < -0.4 is 5.73 Å². The Morgan fingerprint density at radius 1 is 1.47 bits per heavy atom. The highest BCUT2D eigenvalue weighted by atomic mass is 19.1. The first kappa shape index (κ1) is 11.7. The number of carbonyl (C=O) groups is 1. The van der Waals surface area contributed by atoms with E-state index in [0.717, 1.165) is 5.56 Å². The van der Waals surface area contributed by atoms with Gasteiger partial charge in [0.25, 0.3) is 0 Å². The molecule has 0 fully saturated rings. The maximum Gasteiger partial charge on any atom is 0.246 e. The Kier molecular flexibility index (Phi) is 3.80. The minimum absolute atomic E-state index is 0.270. The molecule has 0 spiro atoms. The molecule has 1 rings (SSSR count). The van der Waals surface area contributed by atoms with Gasteiger partial charge in [-0.25, -0.2) is 4.39 Å². The predicted octanol–water partition coefficient (Wildman–Crippen LogP) is 0.851. The lowest BCUT2D eigenvalue weighted by atomic mass is 9.95. The van der Waals surface area contributed by atoms with Crippen LogP contribution in [0.15, 0.2) is 24.3 Å². The number of carbonyl (C=O) groups excluding carboxylic acids is 1. The quantitative estimate of drug-likeness (QED) is 0.775. The second kappa shape index (κ2) is 4.89. The first-order valence-electron chi connectivity index (χ1n) is 4.72. The van der Waals surface area contributed by atoms with Gasteiger partial charge in [0.05, 0.1) is 0 Å². The fourth-order valence-corrected chi connectivity index (χ4v) is 1.38. The van der Waals surface area contributed by atoms with Crippen molar-refractivity contribution in [3.63, 3.8) is 0 Å². The Hall–Kier alpha value is -1.42. The molecule has 0 radical (unpaired) electrons. The number of aliphatic hydroxyl groups excluding tert-OH is 1. The molecule has 2 atom stereocenters. The molecule has 1 aromatic rings. The molecule has 1 unspecified atom stereocenters. The van der Waals surface area contributed by atoms with E-state index in [0.29, 0.717) is 6.42 Å². The zero-order chi connectivity index (χ0) is 11.4. The molecule has 0 aliphatic carbocycles. The van der Waals surface area contributed by atoms with Crippen molar-refractivity contribution in [2.45, 2.75) is 19.4 Å². The van der Waals surface area contributed by atoms with Crippen LogP contribution in [0.1, 0.15) is 12.5 Å². The van der Waals surface area contributed by atoms with E-state index in [1.807, 2.05) is 0 Å². The summed E-state index contributed by atoms with van der Waals surface area (Å²) in [6, 6.07) is 5.94. The average Bonchev–Trinajstić information content (AvgIpc) is 2.20. The molecule has 0 saturated carbocycles. The van der Waals surface area contributed by atoms with Crippen molar-refractivity contribution in [3.05, 3.63) is 35.6 Å². The average molecular weight is 211 g/mol. The maximum absolute atomic E-state index is 12.6. The summed E-state index contributed by atoms with van der Waals surface area (Å²) >= 11 is 0. The summed E-state index contributed by atoms with van der Waals surface area (Å²) in [5.74, 6) is -1.31. The van der Waals surface area contributed by atoms with Gasteiger partial charge in [-0.2, -0.15) is 0 Å². The summed E-state index contributed by atoms with van der Waals surface area (Å²) < 4.78 is 12.6. The lowest BCUT2D eigenvalue weighted by Crippen LogP contribution is -2.34. The molecular weight excluding hydrogens is 197 g/mol. The van der Waals surface area contributed by atoms with Crippen LogP contribution in [0.2, 0.25) is 0 Å². The van der Waals surface area contributed by atoms with Gasteiger partial charge in [0.1, 0.15) is 11.9 Å². The van der Waals surface area contributed by atoms with Crippen LogP contribution in [0.4, 0.5) is 4.39 Å². The monoisotopic (exact) mass is 211 g/mol. The van der Waals surface area contributed by atoms with E-state index in [-0.39, 0.29) is 11.7 Å². The summed E-state index contributed by atoms with van der Waals surface area (Å²) in [7, 11) is 0. The summed E-state index contributed by atoms with van der Waals surface area (Å²) in [5.41, 5.74) is 5.83. The van der Waals surface area contributed by atoms with Crippen molar-refractivity contribution in [1.82, 2.24) is 0 Å². The lowest BCUT2D eigenvalue weighted by Gasteiger charge is -2.15. The van der Waals surface area contributed by atoms with Crippen LogP contribution >= 0.6 is 0 Å².